The summed E-state index contributed by atoms with van der Waals surface area (Å²) in [5.74, 6) is -1.07. The molecular weight excluding hydrogens is 535 g/mol. The third-order valence-electron chi connectivity index (χ3n) is 6.82. The lowest BCUT2D eigenvalue weighted by Crippen LogP contribution is -2.56. The van der Waals surface area contributed by atoms with Gasteiger partial charge in [0.2, 0.25) is 5.88 Å². The van der Waals surface area contributed by atoms with Crippen molar-refractivity contribution in [2.24, 2.45) is 0 Å². The standard InChI is InChI=1S/C25H30F3N7O5/c1-14(25(26,27)28)31-22(36)17-6-7-18-21(32-17)35(15-5-4-8-34(18)11-15)23(37)33-19-9-30-20(10-29-19)38-12-16-13-39-24(2,3)40-16/h6-7,9-10,14-16H,4-5,8,11-13H2,1-3H3,(H,31,36)(H,29,33,37)/t14?,15-,16?/m0/s1. The second-order valence-corrected chi connectivity index (χ2v) is 10.3. The van der Waals surface area contributed by atoms with Crippen LogP contribution in [-0.4, -0.2) is 83.3 Å². The number of hydrogen-bond acceptors (Lipinski definition) is 9. The van der Waals surface area contributed by atoms with Crippen LogP contribution in [0.3, 0.4) is 0 Å². The molecule has 2 bridgehead atoms. The molecule has 0 spiro atoms. The van der Waals surface area contributed by atoms with Gasteiger partial charge in [-0.05, 0) is 45.7 Å². The van der Waals surface area contributed by atoms with Crippen LogP contribution in [0.25, 0.3) is 0 Å². The maximum atomic E-state index is 13.4. The minimum absolute atomic E-state index is 0.159. The lowest BCUT2D eigenvalue weighted by atomic mass is 10.00. The Labute approximate surface area is 228 Å². The third kappa shape index (κ3) is 6.04. The summed E-state index contributed by atoms with van der Waals surface area (Å²) in [5.41, 5.74) is 0.387. The fraction of sp³-hybridized carbons (Fsp3) is 0.560. The molecule has 3 aliphatic heterocycles. The quantitative estimate of drug-likeness (QED) is 0.543. The van der Waals surface area contributed by atoms with Crippen LogP contribution in [0.5, 0.6) is 5.88 Å². The van der Waals surface area contributed by atoms with E-state index in [0.29, 0.717) is 25.3 Å². The van der Waals surface area contributed by atoms with E-state index in [1.165, 1.54) is 23.4 Å². The molecule has 0 aromatic carbocycles. The molecule has 5 rings (SSSR count). The number of amides is 3. The SMILES string of the molecule is CC(NC(=O)c1ccc2c(n1)N(C(=O)Nc1cnc(OCC3COC(C)(C)O3)cn1)[C@H]1CCCN2C1)C(F)(F)F. The normalized spacial score (nSPS) is 22.4. The number of carbonyl (C=O) groups excluding carboxylic acids is 2. The van der Waals surface area contributed by atoms with E-state index in [1.54, 1.807) is 6.07 Å². The van der Waals surface area contributed by atoms with Gasteiger partial charge in [0.1, 0.15) is 24.4 Å². The van der Waals surface area contributed by atoms with E-state index in [0.717, 1.165) is 19.9 Å². The van der Waals surface area contributed by atoms with Crippen LogP contribution >= 0.6 is 0 Å². The second kappa shape index (κ2) is 10.7. The summed E-state index contributed by atoms with van der Waals surface area (Å²) in [5, 5.41) is 4.61. The summed E-state index contributed by atoms with van der Waals surface area (Å²) < 4.78 is 55.7. The molecule has 0 saturated carbocycles. The van der Waals surface area contributed by atoms with E-state index in [1.807, 2.05) is 24.1 Å². The molecule has 3 atom stereocenters. The molecular formula is C25H30F3N7O5. The largest absolute Gasteiger partial charge is 0.474 e. The van der Waals surface area contributed by atoms with Crippen LogP contribution in [-0.2, 0) is 9.47 Å². The number of urea groups is 1. The number of pyridine rings is 1. The Bertz CT molecular complexity index is 1260. The summed E-state index contributed by atoms with van der Waals surface area (Å²) in [6.07, 6.45) is -0.618. The number of piperidine rings is 1. The van der Waals surface area contributed by atoms with Crippen molar-refractivity contribution in [2.75, 3.05) is 41.4 Å². The predicted molar refractivity (Wildman–Crippen MR) is 136 cm³/mol. The van der Waals surface area contributed by atoms with Gasteiger partial charge in [-0.3, -0.25) is 15.0 Å². The zero-order valence-corrected chi connectivity index (χ0v) is 22.2. The number of nitrogens with zero attached hydrogens (tertiary/aromatic N) is 5. The first-order valence-corrected chi connectivity index (χ1v) is 12.9. The predicted octanol–water partition coefficient (Wildman–Crippen LogP) is 3.10. The zero-order chi connectivity index (χ0) is 28.7. The maximum absolute atomic E-state index is 13.4. The fourth-order valence-corrected chi connectivity index (χ4v) is 4.81. The number of ether oxygens (including phenoxy) is 3. The number of rotatable bonds is 6. The van der Waals surface area contributed by atoms with E-state index in [9.17, 15) is 22.8 Å². The van der Waals surface area contributed by atoms with Gasteiger partial charge in [0.15, 0.2) is 17.4 Å². The monoisotopic (exact) mass is 565 g/mol. The number of carbonyl (C=O) groups is 2. The number of nitrogens with one attached hydrogen (secondary N) is 2. The van der Waals surface area contributed by atoms with Crippen molar-refractivity contribution in [3.05, 3.63) is 30.2 Å². The van der Waals surface area contributed by atoms with Gasteiger partial charge in [0, 0.05) is 13.1 Å². The smallest absolute Gasteiger partial charge is 0.408 e. The number of hydrogen-bond donors (Lipinski definition) is 2. The minimum Gasteiger partial charge on any atom is -0.474 e. The van der Waals surface area contributed by atoms with Gasteiger partial charge in [-0.25, -0.2) is 19.7 Å². The van der Waals surface area contributed by atoms with E-state index in [4.69, 9.17) is 14.2 Å². The Balaban J connectivity index is 1.29. The Morgan fingerprint density at radius 1 is 1.25 bits per heavy atom. The van der Waals surface area contributed by atoms with Gasteiger partial charge in [0.25, 0.3) is 5.91 Å². The van der Waals surface area contributed by atoms with Crippen molar-refractivity contribution in [3.63, 3.8) is 0 Å². The highest BCUT2D eigenvalue weighted by molar-refractivity contribution is 6.04. The van der Waals surface area contributed by atoms with E-state index in [-0.39, 0.29) is 42.0 Å². The van der Waals surface area contributed by atoms with E-state index < -0.39 is 29.9 Å². The number of anilines is 3. The van der Waals surface area contributed by atoms with Crippen molar-refractivity contribution in [1.82, 2.24) is 20.3 Å². The van der Waals surface area contributed by atoms with Crippen LogP contribution in [0.15, 0.2) is 24.5 Å². The highest BCUT2D eigenvalue weighted by atomic mass is 19.4. The topological polar surface area (TPSA) is 131 Å². The number of aromatic nitrogens is 3. The Morgan fingerprint density at radius 3 is 2.73 bits per heavy atom. The van der Waals surface area contributed by atoms with Crippen LogP contribution in [0.1, 0.15) is 44.1 Å². The van der Waals surface area contributed by atoms with Crippen LogP contribution in [0, 0.1) is 0 Å². The van der Waals surface area contributed by atoms with Gasteiger partial charge in [-0.1, -0.05) is 0 Å². The third-order valence-corrected chi connectivity index (χ3v) is 6.82. The molecule has 2 aromatic rings. The van der Waals surface area contributed by atoms with Gasteiger partial charge >= 0.3 is 12.2 Å². The second-order valence-electron chi connectivity index (χ2n) is 10.3. The molecule has 0 radical (unpaired) electrons. The summed E-state index contributed by atoms with van der Waals surface area (Å²) in [7, 11) is 0. The molecule has 15 heteroatoms. The number of alkyl halides is 3. The highest BCUT2D eigenvalue weighted by Crippen LogP contribution is 2.38. The van der Waals surface area contributed by atoms with E-state index >= 15 is 0 Å². The fourth-order valence-electron chi connectivity index (χ4n) is 4.81. The Morgan fingerprint density at radius 2 is 2.05 bits per heavy atom. The van der Waals surface area contributed by atoms with Crippen LogP contribution in [0.4, 0.5) is 35.3 Å². The van der Waals surface area contributed by atoms with Crippen molar-refractivity contribution in [1.29, 1.82) is 0 Å². The molecule has 0 aliphatic carbocycles. The maximum Gasteiger partial charge on any atom is 0.408 e. The van der Waals surface area contributed by atoms with Gasteiger partial charge in [-0.2, -0.15) is 13.2 Å². The summed E-state index contributed by atoms with van der Waals surface area (Å²) >= 11 is 0. The van der Waals surface area contributed by atoms with Crippen molar-refractivity contribution in [2.45, 2.75) is 63.8 Å². The lowest BCUT2D eigenvalue weighted by Gasteiger charge is -2.45. The van der Waals surface area contributed by atoms with Crippen molar-refractivity contribution in [3.8, 4) is 5.88 Å². The number of fused-ring (bicyclic) bond motifs is 4. The van der Waals surface area contributed by atoms with Gasteiger partial charge in [0.05, 0.1) is 30.7 Å². The number of halogens is 3. The van der Waals surface area contributed by atoms with Crippen LogP contribution < -0.4 is 25.2 Å². The molecule has 2 N–H and O–H groups in total. The van der Waals surface area contributed by atoms with Crippen molar-refractivity contribution >= 4 is 29.3 Å². The molecule has 40 heavy (non-hydrogen) atoms. The summed E-state index contributed by atoms with van der Waals surface area (Å²) in [6.45, 7) is 6.38. The molecule has 3 amide bonds. The Kier molecular flexibility index (Phi) is 7.44. The average Bonchev–Trinajstić information content (AvgIpc) is 3.26. The molecule has 2 saturated heterocycles. The molecule has 2 fully saturated rings. The lowest BCUT2D eigenvalue weighted by molar-refractivity contribution is -0.149. The molecule has 2 unspecified atom stereocenters. The van der Waals surface area contributed by atoms with Gasteiger partial charge < -0.3 is 24.4 Å². The van der Waals surface area contributed by atoms with Crippen molar-refractivity contribution < 1.29 is 37.0 Å². The van der Waals surface area contributed by atoms with Gasteiger partial charge in [-0.15, -0.1) is 0 Å². The molecule has 5 heterocycles. The van der Waals surface area contributed by atoms with E-state index in [2.05, 4.69) is 20.3 Å². The highest BCUT2D eigenvalue weighted by Gasteiger charge is 2.40. The first kappa shape index (κ1) is 27.8. The van der Waals surface area contributed by atoms with Crippen LogP contribution in [0.2, 0.25) is 0 Å². The first-order chi connectivity index (χ1) is 18.9. The minimum atomic E-state index is -4.60. The molecule has 2 aromatic heterocycles. The summed E-state index contributed by atoms with van der Waals surface area (Å²) in [6, 6.07) is 0.0919. The zero-order valence-electron chi connectivity index (χ0n) is 22.2. The Hall–Kier alpha value is -3.72. The molecule has 3 aliphatic rings. The average molecular weight is 566 g/mol. The summed E-state index contributed by atoms with van der Waals surface area (Å²) in [4.78, 5) is 42.2. The molecule has 216 valence electrons. The molecule has 12 nitrogen and oxygen atoms in total. The first-order valence-electron chi connectivity index (χ1n) is 12.9.